The summed E-state index contributed by atoms with van der Waals surface area (Å²) in [5, 5.41) is 8.69. The number of benzene rings is 2. The van der Waals surface area contributed by atoms with Gasteiger partial charge in [-0.15, -0.1) is 0 Å². The smallest absolute Gasteiger partial charge is 0.269 e. The van der Waals surface area contributed by atoms with Crippen molar-refractivity contribution in [1.29, 1.82) is 0 Å². The Kier molecular flexibility index (Phi) is 5.12. The summed E-state index contributed by atoms with van der Waals surface area (Å²) in [5.41, 5.74) is 3.80. The molecule has 1 unspecified atom stereocenters. The van der Waals surface area contributed by atoms with E-state index in [0.717, 1.165) is 22.9 Å². The summed E-state index contributed by atoms with van der Waals surface area (Å²) in [4.78, 5) is 21.0. The number of fused-ring (bicyclic) bond motifs is 1. The molecule has 6 heteroatoms. The topological polar surface area (TPSA) is 66.5 Å². The fourth-order valence-corrected chi connectivity index (χ4v) is 3.49. The van der Waals surface area contributed by atoms with Crippen LogP contribution < -0.4 is 5.32 Å². The number of carbonyl (C=O) groups is 1. The van der Waals surface area contributed by atoms with Crippen molar-refractivity contribution in [1.82, 2.24) is 10.3 Å². The molecular formula is C21H20ClN3O2. The van der Waals surface area contributed by atoms with E-state index in [0.29, 0.717) is 30.1 Å². The first-order valence-corrected chi connectivity index (χ1v) is 9.37. The molecule has 3 aromatic rings. The van der Waals surface area contributed by atoms with Crippen LogP contribution in [0.2, 0.25) is 5.02 Å². The summed E-state index contributed by atoms with van der Waals surface area (Å²) >= 11 is 6.08. The number of aromatic amines is 1. The normalized spacial score (nSPS) is 16.2. The van der Waals surface area contributed by atoms with Gasteiger partial charge in [-0.2, -0.15) is 0 Å². The first kappa shape index (κ1) is 17.6. The minimum Gasteiger partial charge on any atom is -0.391 e. The van der Waals surface area contributed by atoms with Crippen LogP contribution in [0.25, 0.3) is 10.9 Å². The molecule has 0 spiro atoms. The Morgan fingerprint density at radius 3 is 2.96 bits per heavy atom. The zero-order valence-corrected chi connectivity index (χ0v) is 15.5. The SMILES string of the molecule is O=C(NCCc1c[nH]c2ccc(Cl)cc12)C1=NOC(Cc2ccccc2)C1. The Bertz CT molecular complexity index is 982. The third-order valence-corrected chi connectivity index (χ3v) is 4.95. The number of hydrogen-bond acceptors (Lipinski definition) is 3. The molecule has 2 N–H and O–H groups in total. The highest BCUT2D eigenvalue weighted by Crippen LogP contribution is 2.22. The summed E-state index contributed by atoms with van der Waals surface area (Å²) in [6.45, 7) is 0.528. The van der Waals surface area contributed by atoms with Crippen molar-refractivity contribution in [3.8, 4) is 0 Å². The summed E-state index contributed by atoms with van der Waals surface area (Å²) < 4.78 is 0. The average Bonchev–Trinajstić information content (AvgIpc) is 3.30. The predicted octanol–water partition coefficient (Wildman–Crippen LogP) is 3.87. The van der Waals surface area contributed by atoms with Crippen molar-refractivity contribution < 1.29 is 9.63 Å². The maximum absolute atomic E-state index is 12.3. The molecule has 0 aliphatic carbocycles. The first-order valence-electron chi connectivity index (χ1n) is 8.99. The zero-order valence-electron chi connectivity index (χ0n) is 14.7. The van der Waals surface area contributed by atoms with E-state index in [1.165, 1.54) is 5.56 Å². The number of carbonyl (C=O) groups excluding carboxylic acids is 1. The highest BCUT2D eigenvalue weighted by atomic mass is 35.5. The molecule has 1 aromatic heterocycles. The number of halogens is 1. The van der Waals surface area contributed by atoms with Crippen molar-refractivity contribution in [3.63, 3.8) is 0 Å². The lowest BCUT2D eigenvalue weighted by atomic mass is 10.0. The molecule has 2 aromatic carbocycles. The van der Waals surface area contributed by atoms with Crippen molar-refractivity contribution in [3.05, 3.63) is 70.9 Å². The molecule has 138 valence electrons. The van der Waals surface area contributed by atoms with E-state index in [9.17, 15) is 4.79 Å². The van der Waals surface area contributed by atoms with Crippen molar-refractivity contribution >= 4 is 34.1 Å². The molecule has 0 fully saturated rings. The average molecular weight is 382 g/mol. The molecule has 0 saturated heterocycles. The van der Waals surface area contributed by atoms with E-state index in [-0.39, 0.29) is 12.0 Å². The second-order valence-electron chi connectivity index (χ2n) is 6.67. The number of H-pyrrole nitrogens is 1. The highest BCUT2D eigenvalue weighted by Gasteiger charge is 2.26. The van der Waals surface area contributed by atoms with E-state index in [1.807, 2.05) is 42.6 Å². The quantitative estimate of drug-likeness (QED) is 0.680. The number of oxime groups is 1. The fraction of sp³-hybridized carbons (Fsp3) is 0.238. The van der Waals surface area contributed by atoms with Crippen LogP contribution >= 0.6 is 11.6 Å². The van der Waals surface area contributed by atoms with E-state index >= 15 is 0 Å². The van der Waals surface area contributed by atoms with Gasteiger partial charge in [-0.05, 0) is 35.7 Å². The van der Waals surface area contributed by atoms with Gasteiger partial charge in [0.25, 0.3) is 5.91 Å². The van der Waals surface area contributed by atoms with Crippen LogP contribution in [-0.2, 0) is 22.5 Å². The van der Waals surface area contributed by atoms with Crippen LogP contribution in [0.15, 0.2) is 59.9 Å². The van der Waals surface area contributed by atoms with E-state index < -0.39 is 0 Å². The standard InChI is InChI=1S/C21H20ClN3O2/c22-16-6-7-19-18(11-16)15(13-24-19)8-9-23-21(26)20-12-17(27-25-20)10-14-4-2-1-3-5-14/h1-7,11,13,17,24H,8-10,12H2,(H,23,26). The lowest BCUT2D eigenvalue weighted by Crippen LogP contribution is -2.32. The maximum Gasteiger partial charge on any atom is 0.269 e. The van der Waals surface area contributed by atoms with Gasteiger partial charge >= 0.3 is 0 Å². The zero-order chi connectivity index (χ0) is 18.6. The second kappa shape index (κ2) is 7.84. The summed E-state index contributed by atoms with van der Waals surface area (Å²) in [6, 6.07) is 15.8. The fourth-order valence-electron chi connectivity index (χ4n) is 3.32. The van der Waals surface area contributed by atoms with E-state index in [1.54, 1.807) is 0 Å². The van der Waals surface area contributed by atoms with Gasteiger partial charge < -0.3 is 15.1 Å². The lowest BCUT2D eigenvalue weighted by molar-refractivity contribution is -0.114. The molecular weight excluding hydrogens is 362 g/mol. The number of hydrogen-bond donors (Lipinski definition) is 2. The Labute approximate surface area is 162 Å². The van der Waals surface area contributed by atoms with Gasteiger partial charge in [-0.1, -0.05) is 47.1 Å². The number of aromatic nitrogens is 1. The lowest BCUT2D eigenvalue weighted by Gasteiger charge is -2.07. The van der Waals surface area contributed by atoms with Gasteiger partial charge in [0.15, 0.2) is 0 Å². The molecule has 1 amide bonds. The Hall–Kier alpha value is -2.79. The second-order valence-corrected chi connectivity index (χ2v) is 7.11. The molecule has 1 atom stereocenters. The van der Waals surface area contributed by atoms with Crippen LogP contribution in [0.4, 0.5) is 0 Å². The van der Waals surface area contributed by atoms with Crippen LogP contribution in [0.3, 0.4) is 0 Å². The van der Waals surface area contributed by atoms with Gasteiger partial charge in [0.2, 0.25) is 0 Å². The maximum atomic E-state index is 12.3. The van der Waals surface area contributed by atoms with Gasteiger partial charge in [0.05, 0.1) is 0 Å². The predicted molar refractivity (Wildman–Crippen MR) is 107 cm³/mol. The van der Waals surface area contributed by atoms with Crippen LogP contribution in [0.1, 0.15) is 17.5 Å². The molecule has 27 heavy (non-hydrogen) atoms. The molecule has 1 aliphatic rings. The molecule has 0 radical (unpaired) electrons. The Morgan fingerprint density at radius 2 is 2.11 bits per heavy atom. The molecule has 4 rings (SSSR count). The minimum atomic E-state index is -0.163. The molecule has 1 aliphatic heterocycles. The monoisotopic (exact) mass is 381 g/mol. The van der Waals surface area contributed by atoms with Crippen LogP contribution in [0.5, 0.6) is 0 Å². The van der Waals surface area contributed by atoms with Gasteiger partial charge in [0.1, 0.15) is 11.8 Å². The van der Waals surface area contributed by atoms with E-state index in [4.69, 9.17) is 16.4 Å². The molecule has 5 nitrogen and oxygen atoms in total. The molecule has 0 bridgehead atoms. The Balaban J connectivity index is 1.28. The van der Waals surface area contributed by atoms with Gasteiger partial charge in [-0.3, -0.25) is 4.79 Å². The summed E-state index contributed by atoms with van der Waals surface area (Å²) in [5.74, 6) is -0.163. The Morgan fingerprint density at radius 1 is 1.26 bits per heavy atom. The van der Waals surface area contributed by atoms with Crippen LogP contribution in [-0.4, -0.2) is 29.3 Å². The number of nitrogens with zero attached hydrogens (tertiary/aromatic N) is 1. The van der Waals surface area contributed by atoms with Crippen molar-refractivity contribution in [2.45, 2.75) is 25.4 Å². The largest absolute Gasteiger partial charge is 0.391 e. The first-order chi connectivity index (χ1) is 13.2. The van der Waals surface area contributed by atoms with Gasteiger partial charge in [0, 0.05) is 41.5 Å². The third-order valence-electron chi connectivity index (χ3n) is 4.71. The van der Waals surface area contributed by atoms with E-state index in [2.05, 4.69) is 27.6 Å². The highest BCUT2D eigenvalue weighted by molar-refractivity contribution is 6.39. The minimum absolute atomic E-state index is 0.0797. The number of nitrogens with one attached hydrogen (secondary N) is 2. The van der Waals surface area contributed by atoms with Gasteiger partial charge in [-0.25, -0.2) is 0 Å². The van der Waals surface area contributed by atoms with Crippen LogP contribution in [0, 0.1) is 0 Å². The molecule has 0 saturated carbocycles. The number of amides is 1. The molecule has 2 heterocycles. The van der Waals surface area contributed by atoms with Crippen molar-refractivity contribution in [2.24, 2.45) is 5.16 Å². The summed E-state index contributed by atoms with van der Waals surface area (Å²) in [6.07, 6.45) is 3.87. The number of rotatable bonds is 6. The summed E-state index contributed by atoms with van der Waals surface area (Å²) in [7, 11) is 0. The third kappa shape index (κ3) is 4.14. The van der Waals surface area contributed by atoms with Crippen molar-refractivity contribution in [2.75, 3.05) is 6.54 Å².